The van der Waals surface area contributed by atoms with Gasteiger partial charge in [-0.15, -0.1) is 0 Å². The van der Waals surface area contributed by atoms with Gasteiger partial charge >= 0.3 is 0 Å². The summed E-state index contributed by atoms with van der Waals surface area (Å²) in [5, 5.41) is 10.0. The maximum absolute atomic E-state index is 13.3. The summed E-state index contributed by atoms with van der Waals surface area (Å²) in [6.45, 7) is 0.915. The normalized spacial score (nSPS) is 32.1. The fourth-order valence-electron chi connectivity index (χ4n) is 5.60. The summed E-state index contributed by atoms with van der Waals surface area (Å²) in [6, 6.07) is 5.74. The Hall–Kier alpha value is -1.59. The highest BCUT2D eigenvalue weighted by Gasteiger charge is 2.53. The number of amides is 1. The molecule has 3 N–H and O–H groups in total. The summed E-state index contributed by atoms with van der Waals surface area (Å²) in [5.41, 5.74) is 8.66. The zero-order valence-corrected chi connectivity index (χ0v) is 15.9. The number of rotatable bonds is 2. The van der Waals surface area contributed by atoms with Gasteiger partial charge in [0, 0.05) is 25.6 Å². The highest BCUT2D eigenvalue weighted by molar-refractivity contribution is 5.79. The lowest BCUT2D eigenvalue weighted by Crippen LogP contribution is -2.71. The standard InChI is InChI=1S/C21H31N3O2/c1-23-11-10-21(22)17-13-16(25)9-8-15(17)12-18(23)19(21)24(2)20(26)14-6-4-3-5-7-14/h8-9,13-14,18-19,25H,3-7,10-12,22H2,1-2H3/t18-,19-,21-/m1/s1. The first kappa shape index (κ1) is 17.8. The highest BCUT2D eigenvalue weighted by Crippen LogP contribution is 2.45. The molecule has 2 bridgehead atoms. The van der Waals surface area contributed by atoms with Gasteiger partial charge in [-0.3, -0.25) is 4.79 Å². The van der Waals surface area contributed by atoms with Crippen LogP contribution < -0.4 is 5.73 Å². The van der Waals surface area contributed by atoms with Crippen molar-refractivity contribution in [1.82, 2.24) is 9.80 Å². The van der Waals surface area contributed by atoms with E-state index < -0.39 is 5.54 Å². The number of hydrogen-bond donors (Lipinski definition) is 2. The van der Waals surface area contributed by atoms with Gasteiger partial charge in [-0.2, -0.15) is 0 Å². The molecule has 0 radical (unpaired) electrons. The van der Waals surface area contributed by atoms with Gasteiger partial charge in [0.1, 0.15) is 5.75 Å². The maximum atomic E-state index is 13.3. The average molecular weight is 357 g/mol. The number of aromatic hydroxyl groups is 1. The Kier molecular flexibility index (Phi) is 4.48. The fourth-order valence-corrected chi connectivity index (χ4v) is 5.60. The van der Waals surface area contributed by atoms with Crippen LogP contribution in [0.25, 0.3) is 0 Å². The maximum Gasteiger partial charge on any atom is 0.225 e. The third-order valence-corrected chi connectivity index (χ3v) is 7.08. The van der Waals surface area contributed by atoms with E-state index in [1.54, 1.807) is 6.07 Å². The van der Waals surface area contributed by atoms with Gasteiger partial charge in [0.05, 0.1) is 11.6 Å². The van der Waals surface area contributed by atoms with Gasteiger partial charge in [-0.05, 0) is 56.0 Å². The van der Waals surface area contributed by atoms with Crippen molar-refractivity contribution in [1.29, 1.82) is 0 Å². The molecule has 1 amide bonds. The number of piperidine rings is 1. The van der Waals surface area contributed by atoms with E-state index in [2.05, 4.69) is 11.9 Å². The molecule has 3 aliphatic rings. The van der Waals surface area contributed by atoms with Crippen molar-refractivity contribution in [2.24, 2.45) is 11.7 Å². The minimum Gasteiger partial charge on any atom is -0.508 e. The number of nitrogens with zero attached hydrogens (tertiary/aromatic N) is 2. The van der Waals surface area contributed by atoms with Crippen LogP contribution >= 0.6 is 0 Å². The zero-order valence-electron chi connectivity index (χ0n) is 15.9. The summed E-state index contributed by atoms with van der Waals surface area (Å²) in [4.78, 5) is 17.6. The molecule has 0 spiro atoms. The monoisotopic (exact) mass is 357 g/mol. The molecule has 0 aromatic heterocycles. The van der Waals surface area contributed by atoms with E-state index in [1.165, 1.54) is 12.0 Å². The largest absolute Gasteiger partial charge is 0.508 e. The molecule has 1 heterocycles. The first-order chi connectivity index (χ1) is 12.4. The van der Waals surface area contributed by atoms with E-state index in [0.717, 1.165) is 50.6 Å². The topological polar surface area (TPSA) is 69.8 Å². The van der Waals surface area contributed by atoms with Crippen molar-refractivity contribution in [3.63, 3.8) is 0 Å². The summed E-state index contributed by atoms with van der Waals surface area (Å²) >= 11 is 0. The van der Waals surface area contributed by atoms with Gasteiger partial charge < -0.3 is 20.6 Å². The second-order valence-corrected chi connectivity index (χ2v) is 8.61. The molecule has 2 aliphatic carbocycles. The van der Waals surface area contributed by atoms with Crippen molar-refractivity contribution in [2.45, 2.75) is 62.6 Å². The lowest BCUT2D eigenvalue weighted by molar-refractivity contribution is -0.143. The van der Waals surface area contributed by atoms with Gasteiger partial charge in [0.2, 0.25) is 5.91 Å². The zero-order chi connectivity index (χ0) is 18.5. The molecule has 26 heavy (non-hydrogen) atoms. The Morgan fingerprint density at radius 1 is 1.31 bits per heavy atom. The van der Waals surface area contributed by atoms with Crippen LogP contribution in [0.2, 0.25) is 0 Å². The number of phenolic OH excluding ortho intramolecular Hbond substituents is 1. The van der Waals surface area contributed by atoms with E-state index >= 15 is 0 Å². The van der Waals surface area contributed by atoms with Crippen LogP contribution in [0, 0.1) is 5.92 Å². The number of carbonyl (C=O) groups is 1. The SMILES string of the molecule is CN1CC[C@@]2(N)c3cc(O)ccc3C[C@@H]1[C@H]2N(C)C(=O)C1CCCCC1. The number of likely N-dealkylation sites (N-methyl/N-ethyl adjacent to an activating group) is 2. The summed E-state index contributed by atoms with van der Waals surface area (Å²) < 4.78 is 0. The second kappa shape index (κ2) is 6.54. The first-order valence-corrected chi connectivity index (χ1v) is 10.00. The molecule has 1 aliphatic heterocycles. The van der Waals surface area contributed by atoms with Crippen LogP contribution in [0.5, 0.6) is 5.75 Å². The molecular formula is C21H31N3O2. The molecule has 142 valence electrons. The van der Waals surface area contributed by atoms with E-state index in [-0.39, 0.29) is 29.7 Å². The van der Waals surface area contributed by atoms with Crippen molar-refractivity contribution in [2.75, 3.05) is 20.6 Å². The summed E-state index contributed by atoms with van der Waals surface area (Å²) in [7, 11) is 4.09. The quantitative estimate of drug-likeness (QED) is 0.851. The Balaban J connectivity index is 1.71. The van der Waals surface area contributed by atoms with Crippen molar-refractivity contribution in [3.8, 4) is 5.75 Å². The Labute approximate surface area is 156 Å². The van der Waals surface area contributed by atoms with Crippen molar-refractivity contribution >= 4 is 5.91 Å². The average Bonchev–Trinajstić information content (AvgIpc) is 2.65. The lowest BCUT2D eigenvalue weighted by atomic mass is 9.66. The highest BCUT2D eigenvalue weighted by atomic mass is 16.3. The number of benzene rings is 1. The molecule has 1 aromatic carbocycles. The first-order valence-electron chi connectivity index (χ1n) is 10.00. The predicted molar refractivity (Wildman–Crippen MR) is 102 cm³/mol. The minimum atomic E-state index is -0.595. The smallest absolute Gasteiger partial charge is 0.225 e. The number of nitrogens with two attached hydrogens (primary N) is 1. The molecule has 2 fully saturated rings. The van der Waals surface area contributed by atoms with Crippen molar-refractivity contribution in [3.05, 3.63) is 29.3 Å². The minimum absolute atomic E-state index is 0.0509. The Morgan fingerprint density at radius 3 is 2.77 bits per heavy atom. The van der Waals surface area contributed by atoms with Crippen LogP contribution in [0.15, 0.2) is 18.2 Å². The number of phenols is 1. The Morgan fingerprint density at radius 2 is 2.04 bits per heavy atom. The number of hydrogen-bond acceptors (Lipinski definition) is 4. The van der Waals surface area contributed by atoms with Gasteiger partial charge in [0.25, 0.3) is 0 Å². The van der Waals surface area contributed by atoms with Gasteiger partial charge in [-0.1, -0.05) is 25.3 Å². The number of likely N-dealkylation sites (tertiary alicyclic amines) is 1. The summed E-state index contributed by atoms with van der Waals surface area (Å²) in [6.07, 6.45) is 7.24. The molecule has 5 nitrogen and oxygen atoms in total. The molecular weight excluding hydrogens is 326 g/mol. The van der Waals surface area contributed by atoms with Gasteiger partial charge in [0.15, 0.2) is 0 Å². The van der Waals surface area contributed by atoms with Crippen LogP contribution in [-0.2, 0) is 16.8 Å². The number of fused-ring (bicyclic) bond motifs is 4. The third kappa shape index (κ3) is 2.72. The van der Waals surface area contributed by atoms with E-state index in [0.29, 0.717) is 0 Å². The van der Waals surface area contributed by atoms with Gasteiger partial charge in [-0.25, -0.2) is 0 Å². The molecule has 3 atom stereocenters. The molecule has 0 unspecified atom stereocenters. The lowest BCUT2D eigenvalue weighted by Gasteiger charge is -2.57. The van der Waals surface area contributed by atoms with Crippen LogP contribution in [0.4, 0.5) is 0 Å². The number of carbonyl (C=O) groups excluding carboxylic acids is 1. The third-order valence-electron chi connectivity index (χ3n) is 7.08. The predicted octanol–water partition coefficient (Wildman–Crippen LogP) is 2.21. The molecule has 5 heteroatoms. The molecule has 4 rings (SSSR count). The fraction of sp³-hybridized carbons (Fsp3) is 0.667. The molecule has 1 saturated heterocycles. The molecule has 1 aromatic rings. The molecule has 1 saturated carbocycles. The van der Waals surface area contributed by atoms with Crippen molar-refractivity contribution < 1.29 is 9.90 Å². The van der Waals surface area contributed by atoms with Crippen LogP contribution in [-0.4, -0.2) is 53.5 Å². The van der Waals surface area contributed by atoms with E-state index in [4.69, 9.17) is 5.73 Å². The Bertz CT molecular complexity index is 700. The summed E-state index contributed by atoms with van der Waals surface area (Å²) in [5.74, 6) is 0.661. The van der Waals surface area contributed by atoms with E-state index in [9.17, 15) is 9.90 Å². The van der Waals surface area contributed by atoms with E-state index in [1.807, 2.05) is 24.1 Å². The van der Waals surface area contributed by atoms with Crippen LogP contribution in [0.3, 0.4) is 0 Å². The second-order valence-electron chi connectivity index (χ2n) is 8.61. The van der Waals surface area contributed by atoms with Crippen LogP contribution in [0.1, 0.15) is 49.7 Å².